The van der Waals surface area contributed by atoms with Crippen molar-refractivity contribution in [2.45, 2.75) is 0 Å². The van der Waals surface area contributed by atoms with Gasteiger partial charge in [-0.05, 0) is 41.5 Å². The molecule has 0 N–H and O–H groups in total. The Hall–Kier alpha value is -3.77. The van der Waals surface area contributed by atoms with Crippen molar-refractivity contribution in [3.8, 4) is 22.6 Å². The van der Waals surface area contributed by atoms with Gasteiger partial charge in [0.15, 0.2) is 5.82 Å². The Morgan fingerprint density at radius 3 is 2.50 bits per heavy atom. The Labute approximate surface area is 176 Å². The highest BCUT2D eigenvalue weighted by atomic mass is 35.5. The average molecular weight is 415 g/mol. The van der Waals surface area contributed by atoms with Crippen LogP contribution in [0.1, 0.15) is 0 Å². The maximum Gasteiger partial charge on any atom is 0.271 e. The molecule has 0 amide bonds. The van der Waals surface area contributed by atoms with Crippen LogP contribution in [-0.2, 0) is 7.05 Å². The SMILES string of the molecule is Cn1c(-c2cc(-c3ccccc3)c3cc(Cl)ccc3n2)nc2cc([N+](=O)[O-])ccc21. The summed E-state index contributed by atoms with van der Waals surface area (Å²) < 4.78 is 1.90. The summed E-state index contributed by atoms with van der Waals surface area (Å²) in [5.41, 5.74) is 4.90. The van der Waals surface area contributed by atoms with Crippen LogP contribution >= 0.6 is 11.6 Å². The molecule has 0 aliphatic heterocycles. The molecule has 0 fully saturated rings. The highest BCUT2D eigenvalue weighted by Crippen LogP contribution is 2.34. The zero-order chi connectivity index (χ0) is 20.8. The van der Waals surface area contributed by atoms with Gasteiger partial charge < -0.3 is 4.57 Å². The van der Waals surface area contributed by atoms with Crippen molar-refractivity contribution in [1.82, 2.24) is 14.5 Å². The van der Waals surface area contributed by atoms with Crippen molar-refractivity contribution in [1.29, 1.82) is 0 Å². The number of nitro benzene ring substituents is 1. The molecule has 0 atom stereocenters. The van der Waals surface area contributed by atoms with Gasteiger partial charge in [-0.3, -0.25) is 10.1 Å². The summed E-state index contributed by atoms with van der Waals surface area (Å²) in [5.74, 6) is 0.638. The first kappa shape index (κ1) is 18.3. The van der Waals surface area contributed by atoms with E-state index in [1.165, 1.54) is 12.1 Å². The van der Waals surface area contributed by atoms with Crippen molar-refractivity contribution in [3.63, 3.8) is 0 Å². The fourth-order valence-corrected chi connectivity index (χ4v) is 3.87. The summed E-state index contributed by atoms with van der Waals surface area (Å²) in [6.45, 7) is 0. The smallest absolute Gasteiger partial charge is 0.271 e. The number of imidazole rings is 1. The summed E-state index contributed by atoms with van der Waals surface area (Å²) in [5, 5.41) is 12.7. The summed E-state index contributed by atoms with van der Waals surface area (Å²) >= 11 is 6.25. The molecule has 0 radical (unpaired) electrons. The van der Waals surface area contributed by atoms with Crippen molar-refractivity contribution in [3.05, 3.63) is 87.9 Å². The number of pyridine rings is 1. The van der Waals surface area contributed by atoms with E-state index in [0.717, 1.165) is 27.5 Å². The monoisotopic (exact) mass is 414 g/mol. The first-order valence-electron chi connectivity index (χ1n) is 9.28. The minimum atomic E-state index is -0.417. The molecular formula is C23H15ClN4O2. The molecule has 0 aliphatic rings. The molecule has 5 rings (SSSR count). The van der Waals surface area contributed by atoms with Crippen LogP contribution in [0, 0.1) is 10.1 Å². The van der Waals surface area contributed by atoms with Gasteiger partial charge in [-0.1, -0.05) is 41.9 Å². The highest BCUT2D eigenvalue weighted by Gasteiger charge is 2.17. The highest BCUT2D eigenvalue weighted by molar-refractivity contribution is 6.31. The summed E-state index contributed by atoms with van der Waals surface area (Å²) in [4.78, 5) is 20.2. The van der Waals surface area contributed by atoms with Crippen LogP contribution in [0.5, 0.6) is 0 Å². The molecule has 0 saturated heterocycles. The summed E-state index contributed by atoms with van der Waals surface area (Å²) in [6, 6.07) is 22.3. The van der Waals surface area contributed by atoms with Crippen LogP contribution in [-0.4, -0.2) is 19.5 Å². The van der Waals surface area contributed by atoms with Gasteiger partial charge in [0.2, 0.25) is 0 Å². The number of aromatic nitrogens is 3. The van der Waals surface area contributed by atoms with Crippen LogP contribution in [0.2, 0.25) is 5.02 Å². The van der Waals surface area contributed by atoms with Crippen molar-refractivity contribution in [2.24, 2.45) is 7.05 Å². The van der Waals surface area contributed by atoms with Gasteiger partial charge in [-0.2, -0.15) is 0 Å². The van der Waals surface area contributed by atoms with E-state index < -0.39 is 4.92 Å². The number of fused-ring (bicyclic) bond motifs is 2. The normalized spacial score (nSPS) is 11.3. The molecule has 146 valence electrons. The van der Waals surface area contributed by atoms with Gasteiger partial charge in [0.05, 0.1) is 21.5 Å². The predicted octanol–water partition coefficient (Wildman–Crippen LogP) is 6.02. The van der Waals surface area contributed by atoms with Gasteiger partial charge >= 0.3 is 0 Å². The largest absolute Gasteiger partial charge is 0.326 e. The first-order chi connectivity index (χ1) is 14.5. The number of nitrogens with zero attached hydrogens (tertiary/aromatic N) is 4. The molecule has 0 bridgehead atoms. The van der Waals surface area contributed by atoms with E-state index in [1.807, 2.05) is 66.2 Å². The standard InChI is InChI=1S/C23H15ClN4O2/c1-27-22-10-8-16(28(29)30)12-20(22)26-23(27)21-13-17(14-5-3-2-4-6-14)18-11-15(24)7-9-19(18)25-21/h2-13H,1H3. The topological polar surface area (TPSA) is 73.8 Å². The molecule has 30 heavy (non-hydrogen) atoms. The van der Waals surface area contributed by atoms with E-state index >= 15 is 0 Å². The number of non-ortho nitro benzene ring substituents is 1. The van der Waals surface area contributed by atoms with Crippen molar-refractivity contribution >= 4 is 39.2 Å². The lowest BCUT2D eigenvalue weighted by Gasteiger charge is -2.11. The zero-order valence-electron chi connectivity index (χ0n) is 15.9. The van der Waals surface area contributed by atoms with Crippen LogP contribution in [0.3, 0.4) is 0 Å². The molecule has 5 aromatic rings. The van der Waals surface area contributed by atoms with Gasteiger partial charge in [-0.15, -0.1) is 0 Å². The maximum atomic E-state index is 11.1. The quantitative estimate of drug-likeness (QED) is 0.267. The van der Waals surface area contributed by atoms with E-state index in [2.05, 4.69) is 4.98 Å². The Balaban J connectivity index is 1.78. The second kappa shape index (κ2) is 6.93. The number of hydrogen-bond donors (Lipinski definition) is 0. The predicted molar refractivity (Wildman–Crippen MR) is 119 cm³/mol. The molecular weight excluding hydrogens is 400 g/mol. The Kier molecular flexibility index (Phi) is 4.22. The van der Waals surface area contributed by atoms with Gasteiger partial charge in [-0.25, -0.2) is 9.97 Å². The van der Waals surface area contributed by atoms with Crippen LogP contribution < -0.4 is 0 Å². The van der Waals surface area contributed by atoms with Crippen LogP contribution in [0.25, 0.3) is 44.6 Å². The summed E-state index contributed by atoms with van der Waals surface area (Å²) in [6.07, 6.45) is 0. The molecule has 2 aromatic heterocycles. The fraction of sp³-hybridized carbons (Fsp3) is 0.0435. The zero-order valence-corrected chi connectivity index (χ0v) is 16.7. The average Bonchev–Trinajstić information content (AvgIpc) is 3.09. The van der Waals surface area contributed by atoms with Gasteiger partial charge in [0.25, 0.3) is 5.69 Å². The minimum Gasteiger partial charge on any atom is -0.326 e. The van der Waals surface area contributed by atoms with Gasteiger partial charge in [0.1, 0.15) is 5.69 Å². The Morgan fingerprint density at radius 2 is 1.73 bits per heavy atom. The number of rotatable bonds is 3. The lowest BCUT2D eigenvalue weighted by molar-refractivity contribution is -0.384. The van der Waals surface area contributed by atoms with Gasteiger partial charge in [0, 0.05) is 29.6 Å². The number of hydrogen-bond acceptors (Lipinski definition) is 4. The number of benzene rings is 3. The van der Waals surface area contributed by atoms with E-state index in [1.54, 1.807) is 6.07 Å². The molecule has 0 saturated carbocycles. The Morgan fingerprint density at radius 1 is 0.933 bits per heavy atom. The first-order valence-corrected chi connectivity index (χ1v) is 9.66. The lowest BCUT2D eigenvalue weighted by Crippen LogP contribution is -1.96. The molecule has 2 heterocycles. The second-order valence-corrected chi connectivity index (χ2v) is 7.44. The molecule has 6 nitrogen and oxygen atoms in total. The van der Waals surface area contributed by atoms with E-state index in [0.29, 0.717) is 22.1 Å². The number of aryl methyl sites for hydroxylation is 1. The molecule has 7 heteroatoms. The number of nitro groups is 1. The van der Waals surface area contributed by atoms with Crippen LogP contribution in [0.15, 0.2) is 72.8 Å². The van der Waals surface area contributed by atoms with E-state index in [4.69, 9.17) is 16.6 Å². The van der Waals surface area contributed by atoms with E-state index in [-0.39, 0.29) is 5.69 Å². The number of halogens is 1. The molecule has 0 spiro atoms. The van der Waals surface area contributed by atoms with Crippen LogP contribution in [0.4, 0.5) is 5.69 Å². The minimum absolute atomic E-state index is 0.0123. The lowest BCUT2D eigenvalue weighted by atomic mass is 10.00. The third-order valence-electron chi connectivity index (χ3n) is 5.16. The van der Waals surface area contributed by atoms with E-state index in [9.17, 15) is 10.1 Å². The summed E-state index contributed by atoms with van der Waals surface area (Å²) in [7, 11) is 1.88. The molecule has 0 aliphatic carbocycles. The second-order valence-electron chi connectivity index (χ2n) is 7.01. The molecule has 0 unspecified atom stereocenters. The third kappa shape index (κ3) is 2.98. The van der Waals surface area contributed by atoms with Crippen molar-refractivity contribution in [2.75, 3.05) is 0 Å². The fourth-order valence-electron chi connectivity index (χ4n) is 3.70. The maximum absolute atomic E-state index is 11.1. The Bertz CT molecular complexity index is 1440. The molecule has 3 aromatic carbocycles. The van der Waals surface area contributed by atoms with Crippen molar-refractivity contribution < 1.29 is 4.92 Å². The third-order valence-corrected chi connectivity index (χ3v) is 5.39.